The van der Waals surface area contributed by atoms with Crippen molar-refractivity contribution in [3.8, 4) is 0 Å². The molecule has 20 heavy (non-hydrogen) atoms. The third-order valence-corrected chi connectivity index (χ3v) is 3.07. The topological polar surface area (TPSA) is 75.3 Å². The lowest BCUT2D eigenvalue weighted by Gasteiger charge is -2.11. The van der Waals surface area contributed by atoms with Gasteiger partial charge in [-0.1, -0.05) is 25.5 Å². The summed E-state index contributed by atoms with van der Waals surface area (Å²) in [6, 6.07) is 12.7. The van der Waals surface area contributed by atoms with Gasteiger partial charge in [0.15, 0.2) is 0 Å². The van der Waals surface area contributed by atoms with E-state index in [2.05, 4.69) is 24.4 Å². The Labute approximate surface area is 118 Å². The van der Waals surface area contributed by atoms with Crippen LogP contribution in [-0.4, -0.2) is 11.1 Å². The van der Waals surface area contributed by atoms with Crippen LogP contribution in [0, 0.1) is 0 Å². The fraction of sp³-hybridized carbons (Fsp3) is 0.188. The van der Waals surface area contributed by atoms with Gasteiger partial charge in [-0.05, 0) is 42.3 Å². The summed E-state index contributed by atoms with van der Waals surface area (Å²) in [6.45, 7) is 2.14. The maximum absolute atomic E-state index is 11.0. The van der Waals surface area contributed by atoms with E-state index < -0.39 is 5.97 Å². The van der Waals surface area contributed by atoms with Crippen molar-refractivity contribution in [2.24, 2.45) is 0 Å². The highest BCUT2D eigenvalue weighted by Crippen LogP contribution is 2.24. The van der Waals surface area contributed by atoms with E-state index >= 15 is 0 Å². The SMILES string of the molecule is CCCc1ccc(Nc2cc(C(=O)O)ccc2N)cc1. The molecule has 2 rings (SSSR count). The first-order chi connectivity index (χ1) is 9.60. The third kappa shape index (κ3) is 3.29. The standard InChI is InChI=1S/C16H18N2O2/c1-2-3-11-4-7-13(8-5-11)18-15-10-12(16(19)20)6-9-14(15)17/h4-10,18H,2-3,17H2,1H3,(H,19,20). The largest absolute Gasteiger partial charge is 0.478 e. The Morgan fingerprint density at radius 1 is 1.20 bits per heavy atom. The molecule has 0 heterocycles. The molecule has 2 aromatic carbocycles. The number of hydrogen-bond acceptors (Lipinski definition) is 3. The van der Waals surface area contributed by atoms with Crippen LogP contribution in [0.1, 0.15) is 29.3 Å². The number of anilines is 3. The number of carboxylic acids is 1. The summed E-state index contributed by atoms with van der Waals surface area (Å²) < 4.78 is 0. The van der Waals surface area contributed by atoms with Gasteiger partial charge in [0.2, 0.25) is 0 Å². The molecule has 4 N–H and O–H groups in total. The number of aromatic carboxylic acids is 1. The molecule has 0 unspecified atom stereocenters. The molecule has 104 valence electrons. The van der Waals surface area contributed by atoms with Crippen molar-refractivity contribution in [1.82, 2.24) is 0 Å². The molecule has 0 saturated heterocycles. The minimum atomic E-state index is -0.966. The zero-order valence-electron chi connectivity index (χ0n) is 11.4. The van der Waals surface area contributed by atoms with Gasteiger partial charge in [-0.3, -0.25) is 0 Å². The molecule has 0 saturated carbocycles. The van der Waals surface area contributed by atoms with Crippen LogP contribution in [0.15, 0.2) is 42.5 Å². The number of nitrogens with one attached hydrogen (secondary N) is 1. The highest BCUT2D eigenvalue weighted by molar-refractivity contribution is 5.91. The lowest BCUT2D eigenvalue weighted by atomic mass is 10.1. The van der Waals surface area contributed by atoms with Crippen molar-refractivity contribution in [3.05, 3.63) is 53.6 Å². The second-order valence-corrected chi connectivity index (χ2v) is 4.68. The van der Waals surface area contributed by atoms with Crippen LogP contribution >= 0.6 is 0 Å². The molecule has 4 heteroatoms. The molecule has 0 atom stereocenters. The number of aryl methyl sites for hydroxylation is 1. The lowest BCUT2D eigenvalue weighted by molar-refractivity contribution is 0.0697. The predicted octanol–water partition coefficient (Wildman–Crippen LogP) is 3.66. The molecule has 0 aliphatic carbocycles. The van der Waals surface area contributed by atoms with Crippen LogP contribution in [0.3, 0.4) is 0 Å². The second-order valence-electron chi connectivity index (χ2n) is 4.68. The number of rotatable bonds is 5. The van der Waals surface area contributed by atoms with Crippen LogP contribution < -0.4 is 11.1 Å². The first-order valence-corrected chi connectivity index (χ1v) is 6.59. The van der Waals surface area contributed by atoms with Crippen LogP contribution in [-0.2, 0) is 6.42 Å². The molecule has 0 bridgehead atoms. The Kier molecular flexibility index (Phi) is 4.25. The fourth-order valence-electron chi connectivity index (χ4n) is 2.00. The predicted molar refractivity (Wildman–Crippen MR) is 81.5 cm³/mol. The van der Waals surface area contributed by atoms with Crippen LogP contribution in [0.25, 0.3) is 0 Å². The average Bonchev–Trinajstić information content (AvgIpc) is 2.43. The van der Waals surface area contributed by atoms with Crippen molar-refractivity contribution in [3.63, 3.8) is 0 Å². The van der Waals surface area contributed by atoms with E-state index in [4.69, 9.17) is 10.8 Å². The van der Waals surface area contributed by atoms with Crippen molar-refractivity contribution >= 4 is 23.0 Å². The number of carbonyl (C=O) groups is 1. The summed E-state index contributed by atoms with van der Waals surface area (Å²) in [7, 11) is 0. The zero-order chi connectivity index (χ0) is 14.5. The van der Waals surface area contributed by atoms with Gasteiger partial charge in [-0.15, -0.1) is 0 Å². The molecule has 2 aromatic rings. The summed E-state index contributed by atoms with van der Waals surface area (Å²) in [4.78, 5) is 11.0. The number of carboxylic acid groups (broad SMARTS) is 1. The van der Waals surface area contributed by atoms with Crippen LogP contribution in [0.4, 0.5) is 17.1 Å². The molecule has 0 fully saturated rings. The Morgan fingerprint density at radius 2 is 1.90 bits per heavy atom. The molecule has 0 radical (unpaired) electrons. The Balaban J connectivity index is 2.20. The van der Waals surface area contributed by atoms with Gasteiger partial charge in [-0.25, -0.2) is 4.79 Å². The van der Waals surface area contributed by atoms with E-state index in [0.717, 1.165) is 18.5 Å². The Hall–Kier alpha value is -2.49. The smallest absolute Gasteiger partial charge is 0.335 e. The van der Waals surface area contributed by atoms with Crippen molar-refractivity contribution in [1.29, 1.82) is 0 Å². The van der Waals surface area contributed by atoms with Gasteiger partial charge >= 0.3 is 5.97 Å². The van der Waals surface area contributed by atoms with Crippen molar-refractivity contribution < 1.29 is 9.90 Å². The zero-order valence-corrected chi connectivity index (χ0v) is 11.4. The lowest BCUT2D eigenvalue weighted by Crippen LogP contribution is -2.01. The van der Waals surface area contributed by atoms with Gasteiger partial charge in [0.05, 0.1) is 16.9 Å². The molecule has 0 amide bonds. The average molecular weight is 270 g/mol. The molecule has 0 aliphatic heterocycles. The summed E-state index contributed by atoms with van der Waals surface area (Å²) >= 11 is 0. The van der Waals surface area contributed by atoms with E-state index in [1.165, 1.54) is 17.7 Å². The second kappa shape index (κ2) is 6.10. The van der Waals surface area contributed by atoms with E-state index in [1.807, 2.05) is 12.1 Å². The number of nitrogen functional groups attached to an aromatic ring is 1. The van der Waals surface area contributed by atoms with Gasteiger partial charge < -0.3 is 16.2 Å². The summed E-state index contributed by atoms with van der Waals surface area (Å²) in [5, 5.41) is 12.1. The molecule has 0 aliphatic rings. The highest BCUT2D eigenvalue weighted by Gasteiger charge is 2.07. The number of hydrogen-bond donors (Lipinski definition) is 3. The minimum Gasteiger partial charge on any atom is -0.478 e. The number of nitrogens with two attached hydrogens (primary N) is 1. The summed E-state index contributed by atoms with van der Waals surface area (Å²) in [5.41, 5.74) is 9.37. The number of benzene rings is 2. The first-order valence-electron chi connectivity index (χ1n) is 6.59. The molecule has 4 nitrogen and oxygen atoms in total. The van der Waals surface area contributed by atoms with Crippen LogP contribution in [0.5, 0.6) is 0 Å². The molecular formula is C16H18N2O2. The van der Waals surface area contributed by atoms with E-state index in [9.17, 15) is 4.79 Å². The maximum atomic E-state index is 11.0. The monoisotopic (exact) mass is 270 g/mol. The van der Waals surface area contributed by atoms with Gasteiger partial charge in [0.1, 0.15) is 0 Å². The quantitative estimate of drug-likeness (QED) is 0.725. The van der Waals surface area contributed by atoms with Crippen LogP contribution in [0.2, 0.25) is 0 Å². The van der Waals surface area contributed by atoms with E-state index in [1.54, 1.807) is 6.07 Å². The van der Waals surface area contributed by atoms with Gasteiger partial charge in [0, 0.05) is 5.69 Å². The van der Waals surface area contributed by atoms with Crippen molar-refractivity contribution in [2.45, 2.75) is 19.8 Å². The molecule has 0 spiro atoms. The third-order valence-electron chi connectivity index (χ3n) is 3.07. The molecular weight excluding hydrogens is 252 g/mol. The molecule has 0 aromatic heterocycles. The summed E-state index contributed by atoms with van der Waals surface area (Å²) in [6.07, 6.45) is 2.16. The first kappa shape index (κ1) is 13.9. The fourth-order valence-corrected chi connectivity index (χ4v) is 2.00. The van der Waals surface area contributed by atoms with E-state index in [-0.39, 0.29) is 5.56 Å². The van der Waals surface area contributed by atoms with E-state index in [0.29, 0.717) is 11.4 Å². The Bertz CT molecular complexity index is 606. The minimum absolute atomic E-state index is 0.212. The highest BCUT2D eigenvalue weighted by atomic mass is 16.4. The maximum Gasteiger partial charge on any atom is 0.335 e. The summed E-state index contributed by atoms with van der Waals surface area (Å²) in [5.74, 6) is -0.966. The van der Waals surface area contributed by atoms with Gasteiger partial charge in [-0.2, -0.15) is 0 Å². The van der Waals surface area contributed by atoms with Crippen molar-refractivity contribution in [2.75, 3.05) is 11.1 Å². The Morgan fingerprint density at radius 3 is 2.50 bits per heavy atom. The normalized spacial score (nSPS) is 10.2. The van der Waals surface area contributed by atoms with Gasteiger partial charge in [0.25, 0.3) is 0 Å².